The number of ether oxygens (including phenoxy) is 1. The van der Waals surface area contributed by atoms with Crippen LogP contribution >= 0.6 is 12.2 Å². The SMILES string of the molecule is CCCCCc1cc(C(=S)NCCc2ccc([N+](=O)[O-])cc2)ccc1OC. The number of nitro benzene ring substituents is 1. The fraction of sp³-hybridized carbons (Fsp3) is 0.381. The van der Waals surface area contributed by atoms with Gasteiger partial charge < -0.3 is 10.1 Å². The molecule has 0 aliphatic carbocycles. The molecule has 27 heavy (non-hydrogen) atoms. The Morgan fingerprint density at radius 2 is 1.89 bits per heavy atom. The van der Waals surface area contributed by atoms with E-state index in [-0.39, 0.29) is 10.6 Å². The molecule has 0 aliphatic heterocycles. The van der Waals surface area contributed by atoms with Gasteiger partial charge in [0.15, 0.2) is 0 Å². The Morgan fingerprint density at radius 3 is 2.52 bits per heavy atom. The van der Waals surface area contributed by atoms with Crippen LogP contribution in [0.2, 0.25) is 0 Å². The maximum Gasteiger partial charge on any atom is 0.269 e. The standard InChI is InChI=1S/C21H26N2O3S/c1-3-4-5-6-17-15-18(9-12-20(17)26-2)21(27)22-14-13-16-7-10-19(11-8-16)23(24)25/h7-12,15H,3-6,13-14H2,1-2H3,(H,22,27). The van der Waals surface area contributed by atoms with Crippen LogP contribution in [0, 0.1) is 10.1 Å². The number of nitrogens with zero attached hydrogens (tertiary/aromatic N) is 1. The van der Waals surface area contributed by atoms with E-state index in [9.17, 15) is 10.1 Å². The van der Waals surface area contributed by atoms with Crippen molar-refractivity contribution in [2.24, 2.45) is 0 Å². The van der Waals surface area contributed by atoms with E-state index in [2.05, 4.69) is 18.3 Å². The Bertz CT molecular complexity index is 775. The lowest BCUT2D eigenvalue weighted by molar-refractivity contribution is -0.384. The van der Waals surface area contributed by atoms with E-state index in [0.29, 0.717) is 11.5 Å². The van der Waals surface area contributed by atoms with Gasteiger partial charge in [0.05, 0.1) is 12.0 Å². The van der Waals surface area contributed by atoms with Gasteiger partial charge in [-0.3, -0.25) is 10.1 Å². The highest BCUT2D eigenvalue weighted by Crippen LogP contribution is 2.22. The first-order valence-electron chi connectivity index (χ1n) is 9.23. The number of hydrogen-bond acceptors (Lipinski definition) is 4. The van der Waals surface area contributed by atoms with Gasteiger partial charge in [0.1, 0.15) is 10.7 Å². The van der Waals surface area contributed by atoms with E-state index in [1.807, 2.05) is 12.1 Å². The summed E-state index contributed by atoms with van der Waals surface area (Å²) in [4.78, 5) is 11.0. The van der Waals surface area contributed by atoms with Gasteiger partial charge in [-0.1, -0.05) is 44.1 Å². The third kappa shape index (κ3) is 6.32. The van der Waals surface area contributed by atoms with Crippen molar-refractivity contribution < 1.29 is 9.66 Å². The summed E-state index contributed by atoms with van der Waals surface area (Å²) < 4.78 is 5.46. The molecule has 0 amide bonds. The lowest BCUT2D eigenvalue weighted by atomic mass is 10.0. The topological polar surface area (TPSA) is 64.4 Å². The molecule has 2 aromatic carbocycles. The summed E-state index contributed by atoms with van der Waals surface area (Å²) >= 11 is 5.52. The van der Waals surface area contributed by atoms with Crippen molar-refractivity contribution in [2.45, 2.75) is 39.0 Å². The zero-order chi connectivity index (χ0) is 19.6. The van der Waals surface area contributed by atoms with Gasteiger partial charge in [-0.05, 0) is 48.6 Å². The molecular formula is C21H26N2O3S. The molecule has 2 rings (SSSR count). The molecular weight excluding hydrogens is 360 g/mol. The number of rotatable bonds is 10. The number of aryl methyl sites for hydroxylation is 1. The molecule has 0 radical (unpaired) electrons. The molecule has 0 heterocycles. The summed E-state index contributed by atoms with van der Waals surface area (Å²) in [6.07, 6.45) is 5.25. The van der Waals surface area contributed by atoms with Gasteiger partial charge >= 0.3 is 0 Å². The highest BCUT2D eigenvalue weighted by molar-refractivity contribution is 7.80. The van der Waals surface area contributed by atoms with Crippen molar-refractivity contribution in [3.63, 3.8) is 0 Å². The first kappa shape index (κ1) is 20.8. The first-order chi connectivity index (χ1) is 13.0. The number of nitrogens with one attached hydrogen (secondary N) is 1. The van der Waals surface area contributed by atoms with E-state index in [0.717, 1.165) is 36.1 Å². The molecule has 0 saturated heterocycles. The summed E-state index contributed by atoms with van der Waals surface area (Å²) in [5.74, 6) is 0.906. The van der Waals surface area contributed by atoms with Crippen molar-refractivity contribution in [3.05, 3.63) is 69.3 Å². The average molecular weight is 387 g/mol. The Hall–Kier alpha value is -2.47. The maximum absolute atomic E-state index is 10.7. The summed E-state index contributed by atoms with van der Waals surface area (Å²) in [6.45, 7) is 2.87. The Balaban J connectivity index is 1.92. The molecule has 0 spiro atoms. The van der Waals surface area contributed by atoms with Gasteiger partial charge in [-0.25, -0.2) is 0 Å². The maximum atomic E-state index is 10.7. The minimum atomic E-state index is -0.390. The average Bonchev–Trinajstić information content (AvgIpc) is 2.68. The summed E-state index contributed by atoms with van der Waals surface area (Å²) in [7, 11) is 1.69. The monoisotopic (exact) mass is 386 g/mol. The largest absolute Gasteiger partial charge is 0.496 e. The molecule has 0 fully saturated rings. The second-order valence-corrected chi connectivity index (χ2v) is 6.82. The predicted octanol–water partition coefficient (Wildman–Crippen LogP) is 4.84. The molecule has 0 aromatic heterocycles. The van der Waals surface area contributed by atoms with Crippen LogP contribution in [0.5, 0.6) is 5.75 Å². The third-order valence-electron chi connectivity index (χ3n) is 4.44. The Kier molecular flexibility index (Phi) is 8.20. The van der Waals surface area contributed by atoms with Crippen LogP contribution in [-0.4, -0.2) is 23.6 Å². The van der Waals surface area contributed by atoms with Crippen LogP contribution in [0.1, 0.15) is 42.9 Å². The number of benzene rings is 2. The smallest absolute Gasteiger partial charge is 0.269 e. The molecule has 0 saturated carbocycles. The first-order valence-corrected chi connectivity index (χ1v) is 9.64. The summed E-state index contributed by atoms with van der Waals surface area (Å²) in [5.41, 5.74) is 3.31. The fourth-order valence-corrected chi connectivity index (χ4v) is 3.12. The van der Waals surface area contributed by atoms with Crippen LogP contribution in [0.3, 0.4) is 0 Å². The third-order valence-corrected chi connectivity index (χ3v) is 4.82. The molecule has 0 aliphatic rings. The van der Waals surface area contributed by atoms with E-state index in [1.165, 1.54) is 30.5 Å². The quantitative estimate of drug-likeness (QED) is 0.274. The van der Waals surface area contributed by atoms with Gasteiger partial charge in [0.2, 0.25) is 0 Å². The predicted molar refractivity (Wildman–Crippen MR) is 113 cm³/mol. The number of methoxy groups -OCH3 is 1. The van der Waals surface area contributed by atoms with E-state index in [1.54, 1.807) is 19.2 Å². The van der Waals surface area contributed by atoms with E-state index < -0.39 is 0 Å². The number of hydrogen-bond donors (Lipinski definition) is 1. The molecule has 144 valence electrons. The van der Waals surface area contributed by atoms with Crippen molar-refractivity contribution in [1.82, 2.24) is 5.32 Å². The van der Waals surface area contributed by atoms with Crippen molar-refractivity contribution in [2.75, 3.05) is 13.7 Å². The zero-order valence-electron chi connectivity index (χ0n) is 15.9. The van der Waals surface area contributed by atoms with Crippen LogP contribution in [0.25, 0.3) is 0 Å². The molecule has 2 aromatic rings. The molecule has 0 unspecified atom stereocenters. The van der Waals surface area contributed by atoms with E-state index >= 15 is 0 Å². The normalized spacial score (nSPS) is 10.4. The summed E-state index contributed by atoms with van der Waals surface area (Å²) in [5, 5.41) is 14.0. The second-order valence-electron chi connectivity index (χ2n) is 6.41. The highest BCUT2D eigenvalue weighted by Gasteiger charge is 2.08. The minimum Gasteiger partial charge on any atom is -0.496 e. The van der Waals surface area contributed by atoms with Crippen LogP contribution < -0.4 is 10.1 Å². The van der Waals surface area contributed by atoms with Gasteiger partial charge in [-0.15, -0.1) is 0 Å². The number of thiocarbonyl (C=S) groups is 1. The number of non-ortho nitro benzene ring substituents is 1. The van der Waals surface area contributed by atoms with Gasteiger partial charge in [-0.2, -0.15) is 0 Å². The lowest BCUT2D eigenvalue weighted by Gasteiger charge is -2.13. The molecule has 0 atom stereocenters. The Labute approximate surface area is 165 Å². The molecule has 5 nitrogen and oxygen atoms in total. The minimum absolute atomic E-state index is 0.107. The summed E-state index contributed by atoms with van der Waals surface area (Å²) in [6, 6.07) is 12.7. The van der Waals surface area contributed by atoms with Gasteiger partial charge in [0, 0.05) is 24.2 Å². The van der Waals surface area contributed by atoms with E-state index in [4.69, 9.17) is 17.0 Å². The van der Waals surface area contributed by atoms with Crippen LogP contribution in [0.4, 0.5) is 5.69 Å². The van der Waals surface area contributed by atoms with Gasteiger partial charge in [0.25, 0.3) is 5.69 Å². The second kappa shape index (κ2) is 10.6. The van der Waals surface area contributed by atoms with Crippen molar-refractivity contribution >= 4 is 22.9 Å². The van der Waals surface area contributed by atoms with Crippen LogP contribution in [0.15, 0.2) is 42.5 Å². The molecule has 1 N–H and O–H groups in total. The van der Waals surface area contributed by atoms with Crippen molar-refractivity contribution in [1.29, 1.82) is 0 Å². The zero-order valence-corrected chi connectivity index (χ0v) is 16.7. The van der Waals surface area contributed by atoms with Crippen LogP contribution in [-0.2, 0) is 12.8 Å². The number of unbranched alkanes of at least 4 members (excludes halogenated alkanes) is 2. The highest BCUT2D eigenvalue weighted by atomic mass is 32.1. The Morgan fingerprint density at radius 1 is 1.15 bits per heavy atom. The van der Waals surface area contributed by atoms with Crippen molar-refractivity contribution in [3.8, 4) is 5.75 Å². The number of nitro groups is 1. The molecule has 6 heteroatoms. The molecule has 0 bridgehead atoms. The fourth-order valence-electron chi connectivity index (χ4n) is 2.89. The lowest BCUT2D eigenvalue weighted by Crippen LogP contribution is -2.24.